The Morgan fingerprint density at radius 1 is 0.636 bits per heavy atom. The largest absolute Gasteiger partial charge is 0.466 e. The van der Waals surface area contributed by atoms with Crippen molar-refractivity contribution < 1.29 is 57.7 Å². The lowest BCUT2D eigenvalue weighted by Crippen LogP contribution is -1.97. The van der Waals surface area contributed by atoms with Gasteiger partial charge in [0.05, 0.1) is 0 Å². The lowest BCUT2D eigenvalue weighted by atomic mass is 10.2. The minimum Gasteiger partial charge on any atom is -0.330 e. The minimum atomic E-state index is -4.64. The summed E-state index contributed by atoms with van der Waals surface area (Å²) in [5.74, 6) is 0. The first kappa shape index (κ1) is 30.2. The quantitative estimate of drug-likeness (QED) is 0.197. The molecule has 0 aromatic rings. The van der Waals surface area contributed by atoms with Gasteiger partial charge in [0.25, 0.3) is 0 Å². The predicted octanol–water partition coefficient (Wildman–Crippen LogP) is -1.26. The van der Waals surface area contributed by atoms with Crippen molar-refractivity contribution in [2.45, 2.75) is 32.6 Å². The molecule has 0 aromatic heterocycles. The normalized spacial score (nSPS) is 11.0. The summed E-state index contributed by atoms with van der Waals surface area (Å²) >= 11 is 0. The molecular weight excluding hydrogens is 371 g/mol. The van der Waals surface area contributed by atoms with E-state index in [-0.39, 0.29) is 0 Å². The molecule has 0 unspecified atom stereocenters. The summed E-state index contributed by atoms with van der Waals surface area (Å²) in [6, 6.07) is 0. The third-order valence-corrected chi connectivity index (χ3v) is 1.06. The van der Waals surface area contributed by atoms with Crippen molar-refractivity contribution in [1.82, 2.24) is 0 Å². The Morgan fingerprint density at radius 2 is 0.864 bits per heavy atom. The molecule has 13 nitrogen and oxygen atoms in total. The van der Waals surface area contributed by atoms with Gasteiger partial charge in [0.1, 0.15) is 0 Å². The van der Waals surface area contributed by atoms with Gasteiger partial charge in [0.15, 0.2) is 0 Å². The maximum atomic E-state index is 8.88. The van der Waals surface area contributed by atoms with Gasteiger partial charge in [-0.15, -0.1) is 0 Å². The maximum Gasteiger partial charge on any atom is 0.466 e. The minimum absolute atomic E-state index is 0.861. The number of hydrogen-bond donors (Lipinski definition) is 10. The van der Waals surface area contributed by atoms with E-state index in [1.807, 2.05) is 0 Å². The maximum absolute atomic E-state index is 8.88. The van der Waals surface area contributed by atoms with Gasteiger partial charge in [-0.3, -0.25) is 0 Å². The molecule has 0 atom stereocenters. The van der Waals surface area contributed by atoms with Gasteiger partial charge in [0, 0.05) is 0 Å². The third-order valence-electron chi connectivity index (χ3n) is 1.06. The number of phosphoric acid groups is 3. The summed E-state index contributed by atoms with van der Waals surface area (Å²) < 4.78 is 26.6. The van der Waals surface area contributed by atoms with Crippen molar-refractivity contribution in [2.75, 3.05) is 6.54 Å². The van der Waals surface area contributed by atoms with E-state index in [9.17, 15) is 0 Å². The van der Waals surface area contributed by atoms with E-state index in [0.29, 0.717) is 0 Å². The van der Waals surface area contributed by atoms with E-state index in [2.05, 4.69) is 6.92 Å². The van der Waals surface area contributed by atoms with Gasteiger partial charge in [-0.05, 0) is 13.0 Å². The monoisotopic (exact) mass is 395 g/mol. The Kier molecular flexibility index (Phi) is 22.2. The van der Waals surface area contributed by atoms with Gasteiger partial charge in [0.2, 0.25) is 0 Å². The molecular formula is C6H24NO12P3. The molecule has 0 aromatic carbocycles. The molecule has 140 valence electrons. The van der Waals surface area contributed by atoms with Gasteiger partial charge in [-0.2, -0.15) is 0 Å². The number of hydrogen-bond acceptors (Lipinski definition) is 4. The summed E-state index contributed by atoms with van der Waals surface area (Å²) in [6.45, 7) is 3.07. The molecule has 22 heavy (non-hydrogen) atoms. The van der Waals surface area contributed by atoms with E-state index >= 15 is 0 Å². The lowest BCUT2D eigenvalue weighted by Gasteiger charge is -1.90. The van der Waals surface area contributed by atoms with Crippen LogP contribution in [0, 0.1) is 0 Å². The van der Waals surface area contributed by atoms with Crippen LogP contribution >= 0.6 is 23.5 Å². The summed E-state index contributed by atoms with van der Waals surface area (Å²) in [7, 11) is -13.9. The summed E-state index contributed by atoms with van der Waals surface area (Å²) in [5, 5.41) is 0. The van der Waals surface area contributed by atoms with Gasteiger partial charge >= 0.3 is 23.5 Å². The Balaban J connectivity index is -0.0000000995. The molecule has 0 amide bonds. The Labute approximate surface area is 127 Å². The van der Waals surface area contributed by atoms with Crippen molar-refractivity contribution in [3.8, 4) is 0 Å². The molecule has 0 aliphatic rings. The van der Waals surface area contributed by atoms with Crippen molar-refractivity contribution in [2.24, 2.45) is 5.73 Å². The molecule has 0 aliphatic carbocycles. The van der Waals surface area contributed by atoms with E-state index in [1.165, 1.54) is 25.7 Å². The average molecular weight is 395 g/mol. The lowest BCUT2D eigenvalue weighted by molar-refractivity contribution is 0.272. The van der Waals surface area contributed by atoms with Gasteiger partial charge in [-0.25, -0.2) is 13.7 Å². The van der Waals surface area contributed by atoms with Gasteiger partial charge < -0.3 is 49.8 Å². The van der Waals surface area contributed by atoms with Crippen LogP contribution in [0.25, 0.3) is 0 Å². The topological polar surface area (TPSA) is 259 Å². The Hall–Kier alpha value is 0.290. The third kappa shape index (κ3) is 410. The Bertz CT molecular complexity index is 282. The van der Waals surface area contributed by atoms with Crippen LogP contribution in [-0.4, -0.2) is 50.6 Å². The first-order valence-electron chi connectivity index (χ1n) is 5.46. The second kappa shape index (κ2) is 16.2. The number of nitrogens with two attached hydrogens (primary N) is 1. The summed E-state index contributed by atoms with van der Waals surface area (Å²) in [4.78, 5) is 64.7. The standard InChI is InChI=1S/C6H15N.3H3O4P/c1-2-3-4-5-6-7;3*1-5(2,3)4/h2-7H2,1H3;3*(H3,1,2,3,4). The van der Waals surface area contributed by atoms with Crippen LogP contribution in [0.3, 0.4) is 0 Å². The zero-order valence-corrected chi connectivity index (χ0v) is 14.4. The SMILES string of the molecule is CCCCCCN.O=P(O)(O)O.O=P(O)(O)O.O=P(O)(O)O. The van der Waals surface area contributed by atoms with E-state index < -0.39 is 23.5 Å². The molecule has 0 fully saturated rings. The Morgan fingerprint density at radius 3 is 1.00 bits per heavy atom. The molecule has 0 radical (unpaired) electrons. The average Bonchev–Trinajstić information content (AvgIpc) is 2.10. The highest BCUT2D eigenvalue weighted by Gasteiger charge is 2.01. The molecule has 16 heteroatoms. The zero-order valence-electron chi connectivity index (χ0n) is 11.7. The fraction of sp³-hybridized carbons (Fsp3) is 1.00. The second-order valence-corrected chi connectivity index (χ2v) is 6.47. The molecule has 0 heterocycles. The van der Waals surface area contributed by atoms with E-state index in [0.717, 1.165) is 6.54 Å². The fourth-order valence-corrected chi connectivity index (χ4v) is 0.571. The first-order chi connectivity index (χ1) is 9.41. The van der Waals surface area contributed by atoms with Crippen LogP contribution < -0.4 is 5.73 Å². The fourth-order valence-electron chi connectivity index (χ4n) is 0.571. The van der Waals surface area contributed by atoms with Crippen LogP contribution in [0.5, 0.6) is 0 Å². The van der Waals surface area contributed by atoms with Crippen molar-refractivity contribution in [3.05, 3.63) is 0 Å². The second-order valence-electron chi connectivity index (χ2n) is 3.39. The molecule has 0 spiro atoms. The van der Waals surface area contributed by atoms with Crippen LogP contribution in [0.1, 0.15) is 32.6 Å². The van der Waals surface area contributed by atoms with Crippen molar-refractivity contribution >= 4 is 23.5 Å². The van der Waals surface area contributed by atoms with Crippen LogP contribution in [0.15, 0.2) is 0 Å². The molecule has 11 N–H and O–H groups in total. The summed E-state index contributed by atoms with van der Waals surface area (Å²) in [5.41, 5.74) is 5.27. The highest BCUT2D eigenvalue weighted by molar-refractivity contribution is 7.45. The zero-order chi connectivity index (χ0) is 19.0. The van der Waals surface area contributed by atoms with E-state index in [4.69, 9.17) is 63.5 Å². The van der Waals surface area contributed by atoms with Crippen molar-refractivity contribution in [3.63, 3.8) is 0 Å². The predicted molar refractivity (Wildman–Crippen MR) is 76.0 cm³/mol. The molecule has 0 saturated heterocycles. The summed E-state index contributed by atoms with van der Waals surface area (Å²) in [6.07, 6.45) is 5.16. The number of unbranched alkanes of at least 4 members (excludes halogenated alkanes) is 3. The molecule has 0 bridgehead atoms. The molecule has 0 saturated carbocycles. The van der Waals surface area contributed by atoms with Crippen molar-refractivity contribution in [1.29, 1.82) is 0 Å². The smallest absolute Gasteiger partial charge is 0.330 e. The number of rotatable bonds is 4. The van der Waals surface area contributed by atoms with E-state index in [1.54, 1.807) is 0 Å². The molecule has 0 aliphatic heterocycles. The molecule has 0 rings (SSSR count). The highest BCUT2D eigenvalue weighted by atomic mass is 31.2. The highest BCUT2D eigenvalue weighted by Crippen LogP contribution is 2.26. The van der Waals surface area contributed by atoms with Gasteiger partial charge in [-0.1, -0.05) is 26.2 Å². The van der Waals surface area contributed by atoms with Crippen LogP contribution in [0.4, 0.5) is 0 Å². The van der Waals surface area contributed by atoms with Crippen LogP contribution in [0.2, 0.25) is 0 Å². The van der Waals surface area contributed by atoms with Crippen LogP contribution in [-0.2, 0) is 13.7 Å². The first-order valence-corrected chi connectivity index (χ1v) is 10.2.